The molecule has 4 nitrogen and oxygen atoms in total. The van der Waals surface area contributed by atoms with E-state index in [-0.39, 0.29) is 17.7 Å². The van der Waals surface area contributed by atoms with Crippen molar-refractivity contribution in [2.75, 3.05) is 10.6 Å². The number of amides is 2. The number of carbonyl (C=O) groups is 2. The highest BCUT2D eigenvalue weighted by molar-refractivity contribution is 5.92. The third kappa shape index (κ3) is 6.24. The summed E-state index contributed by atoms with van der Waals surface area (Å²) in [6.07, 6.45) is 2.88. The molecule has 0 saturated heterocycles. The number of carbonyl (C=O) groups excluding carboxylic acids is 2. The minimum Gasteiger partial charge on any atom is -0.326 e. The van der Waals surface area contributed by atoms with Gasteiger partial charge >= 0.3 is 0 Å². The monoisotopic (exact) mass is 324 g/mol. The van der Waals surface area contributed by atoms with Gasteiger partial charge in [0, 0.05) is 23.7 Å². The van der Waals surface area contributed by atoms with Gasteiger partial charge in [-0.25, -0.2) is 0 Å². The van der Waals surface area contributed by atoms with Crippen molar-refractivity contribution in [3.05, 3.63) is 60.7 Å². The second-order valence-corrected chi connectivity index (χ2v) is 5.92. The van der Waals surface area contributed by atoms with Crippen molar-refractivity contribution in [2.24, 2.45) is 5.92 Å². The van der Waals surface area contributed by atoms with Gasteiger partial charge < -0.3 is 10.6 Å². The zero-order chi connectivity index (χ0) is 17.2. The van der Waals surface area contributed by atoms with Crippen LogP contribution in [0.25, 0.3) is 0 Å². The standard InChI is InChI=1S/C20H24N2O2/c1-16(20(24)22-18-13-6-3-7-14-18)10-8-9-15-19(23)21-17-11-4-2-5-12-17/h2-7,11-14,16H,8-10,15H2,1H3,(H,21,23)(H,22,24). The Hall–Kier alpha value is -2.62. The molecular formula is C20H24N2O2. The van der Waals surface area contributed by atoms with E-state index in [1.807, 2.05) is 67.6 Å². The molecule has 0 aromatic heterocycles. The summed E-state index contributed by atoms with van der Waals surface area (Å²) in [4.78, 5) is 23.9. The first kappa shape index (κ1) is 17.7. The lowest BCUT2D eigenvalue weighted by Crippen LogP contribution is -2.20. The summed E-state index contributed by atoms with van der Waals surface area (Å²) in [6, 6.07) is 18.9. The highest BCUT2D eigenvalue weighted by Gasteiger charge is 2.13. The van der Waals surface area contributed by atoms with Gasteiger partial charge in [-0.3, -0.25) is 9.59 Å². The van der Waals surface area contributed by atoms with E-state index in [0.717, 1.165) is 30.6 Å². The lowest BCUT2D eigenvalue weighted by Gasteiger charge is -2.12. The van der Waals surface area contributed by atoms with Crippen LogP contribution in [-0.4, -0.2) is 11.8 Å². The lowest BCUT2D eigenvalue weighted by molar-refractivity contribution is -0.119. The van der Waals surface area contributed by atoms with Crippen molar-refractivity contribution < 1.29 is 9.59 Å². The van der Waals surface area contributed by atoms with E-state index in [9.17, 15) is 9.59 Å². The Balaban J connectivity index is 1.62. The Morgan fingerprint density at radius 3 is 1.96 bits per heavy atom. The molecule has 0 spiro atoms. The lowest BCUT2D eigenvalue weighted by atomic mass is 10.0. The number of anilines is 2. The van der Waals surface area contributed by atoms with Gasteiger partial charge in [-0.2, -0.15) is 0 Å². The number of nitrogens with one attached hydrogen (secondary N) is 2. The minimum atomic E-state index is -0.0672. The van der Waals surface area contributed by atoms with Gasteiger partial charge in [0.05, 0.1) is 0 Å². The largest absolute Gasteiger partial charge is 0.326 e. The van der Waals surface area contributed by atoms with Crippen molar-refractivity contribution in [1.29, 1.82) is 0 Å². The number of hydrogen-bond acceptors (Lipinski definition) is 2. The molecule has 4 heteroatoms. The van der Waals surface area contributed by atoms with Gasteiger partial charge in [-0.15, -0.1) is 0 Å². The molecule has 0 saturated carbocycles. The molecule has 1 atom stereocenters. The summed E-state index contributed by atoms with van der Waals surface area (Å²) in [7, 11) is 0. The molecule has 2 aromatic carbocycles. The third-order valence-corrected chi connectivity index (χ3v) is 3.84. The van der Waals surface area contributed by atoms with Crippen LogP contribution in [0.1, 0.15) is 32.6 Å². The summed E-state index contributed by atoms with van der Waals surface area (Å²) >= 11 is 0. The molecule has 2 amide bonds. The van der Waals surface area contributed by atoms with Crippen LogP contribution in [0.15, 0.2) is 60.7 Å². The second kappa shape index (κ2) is 9.50. The van der Waals surface area contributed by atoms with E-state index in [4.69, 9.17) is 0 Å². The summed E-state index contributed by atoms with van der Waals surface area (Å²) in [6.45, 7) is 1.92. The van der Waals surface area contributed by atoms with Gasteiger partial charge in [-0.1, -0.05) is 49.7 Å². The van der Waals surface area contributed by atoms with E-state index in [1.54, 1.807) is 0 Å². The topological polar surface area (TPSA) is 58.2 Å². The molecular weight excluding hydrogens is 300 g/mol. The molecule has 0 aliphatic rings. The predicted octanol–water partition coefficient (Wildman–Crippen LogP) is 4.46. The molecule has 2 rings (SSSR count). The molecule has 0 radical (unpaired) electrons. The average Bonchev–Trinajstić information content (AvgIpc) is 2.60. The molecule has 0 heterocycles. The second-order valence-electron chi connectivity index (χ2n) is 5.92. The third-order valence-electron chi connectivity index (χ3n) is 3.84. The predicted molar refractivity (Wildman–Crippen MR) is 97.8 cm³/mol. The maximum Gasteiger partial charge on any atom is 0.227 e. The van der Waals surface area contributed by atoms with Crippen molar-refractivity contribution in [3.8, 4) is 0 Å². The molecule has 1 unspecified atom stereocenters. The van der Waals surface area contributed by atoms with Crippen LogP contribution < -0.4 is 10.6 Å². The normalized spacial score (nSPS) is 11.5. The molecule has 0 bridgehead atoms. The van der Waals surface area contributed by atoms with E-state index in [1.165, 1.54) is 0 Å². The van der Waals surface area contributed by atoms with Gasteiger partial charge in [0.1, 0.15) is 0 Å². The smallest absolute Gasteiger partial charge is 0.227 e. The quantitative estimate of drug-likeness (QED) is 0.704. The van der Waals surface area contributed by atoms with Crippen LogP contribution in [0.2, 0.25) is 0 Å². The Labute approximate surface area is 143 Å². The summed E-state index contributed by atoms with van der Waals surface area (Å²) in [5, 5.41) is 5.77. The number of unbranched alkanes of at least 4 members (excludes halogenated alkanes) is 1. The van der Waals surface area contributed by atoms with Gasteiger partial charge in [0.2, 0.25) is 11.8 Å². The van der Waals surface area contributed by atoms with E-state index >= 15 is 0 Å². The van der Waals surface area contributed by atoms with E-state index in [2.05, 4.69) is 10.6 Å². The first-order chi connectivity index (χ1) is 11.6. The van der Waals surface area contributed by atoms with E-state index < -0.39 is 0 Å². The van der Waals surface area contributed by atoms with Crippen molar-refractivity contribution in [1.82, 2.24) is 0 Å². The van der Waals surface area contributed by atoms with Gasteiger partial charge in [0.15, 0.2) is 0 Å². The minimum absolute atomic E-state index is 0.0163. The molecule has 2 N–H and O–H groups in total. The molecule has 126 valence electrons. The van der Waals surface area contributed by atoms with Crippen LogP contribution >= 0.6 is 0 Å². The number of benzene rings is 2. The summed E-state index contributed by atoms with van der Waals surface area (Å²) in [5.41, 5.74) is 1.63. The van der Waals surface area contributed by atoms with Crippen LogP contribution in [0.3, 0.4) is 0 Å². The zero-order valence-electron chi connectivity index (χ0n) is 14.0. The Morgan fingerprint density at radius 1 is 0.833 bits per heavy atom. The van der Waals surface area contributed by atoms with Gasteiger partial charge in [-0.05, 0) is 37.1 Å². The highest BCUT2D eigenvalue weighted by atomic mass is 16.2. The molecule has 2 aromatic rings. The fourth-order valence-corrected chi connectivity index (χ4v) is 2.40. The maximum absolute atomic E-state index is 12.1. The fraction of sp³-hybridized carbons (Fsp3) is 0.300. The first-order valence-electron chi connectivity index (χ1n) is 8.36. The van der Waals surface area contributed by atoms with Crippen LogP contribution in [0, 0.1) is 5.92 Å². The number of rotatable bonds is 8. The van der Waals surface area contributed by atoms with Crippen molar-refractivity contribution in [2.45, 2.75) is 32.6 Å². The van der Waals surface area contributed by atoms with E-state index in [0.29, 0.717) is 6.42 Å². The summed E-state index contributed by atoms with van der Waals surface area (Å²) < 4.78 is 0. The Kier molecular flexibility index (Phi) is 7.02. The zero-order valence-corrected chi connectivity index (χ0v) is 14.0. The van der Waals surface area contributed by atoms with Crippen molar-refractivity contribution >= 4 is 23.2 Å². The van der Waals surface area contributed by atoms with Crippen LogP contribution in [-0.2, 0) is 9.59 Å². The Bertz CT molecular complexity index is 641. The number of hydrogen-bond donors (Lipinski definition) is 2. The average molecular weight is 324 g/mol. The Morgan fingerprint density at radius 2 is 1.38 bits per heavy atom. The SMILES string of the molecule is CC(CCCCC(=O)Nc1ccccc1)C(=O)Nc1ccccc1. The van der Waals surface area contributed by atoms with Crippen molar-refractivity contribution in [3.63, 3.8) is 0 Å². The fourth-order valence-electron chi connectivity index (χ4n) is 2.40. The molecule has 0 fully saturated rings. The van der Waals surface area contributed by atoms with Gasteiger partial charge in [0.25, 0.3) is 0 Å². The van der Waals surface area contributed by atoms with Crippen LogP contribution in [0.5, 0.6) is 0 Å². The molecule has 0 aliphatic carbocycles. The first-order valence-corrected chi connectivity index (χ1v) is 8.36. The number of para-hydroxylation sites is 2. The van der Waals surface area contributed by atoms with Crippen LogP contribution in [0.4, 0.5) is 11.4 Å². The molecule has 24 heavy (non-hydrogen) atoms. The maximum atomic E-state index is 12.1. The highest BCUT2D eigenvalue weighted by Crippen LogP contribution is 2.14. The summed E-state index contributed by atoms with van der Waals surface area (Å²) in [5.74, 6) is -0.0279. The molecule has 0 aliphatic heterocycles.